The molecule has 1 fully saturated rings. The number of amides is 1. The molecule has 6 heteroatoms. The minimum Gasteiger partial charge on any atom is -0.454 e. The van der Waals surface area contributed by atoms with E-state index in [4.69, 9.17) is 9.47 Å². The first-order valence-electron chi connectivity index (χ1n) is 10.4. The predicted molar refractivity (Wildman–Crippen MR) is 113 cm³/mol. The summed E-state index contributed by atoms with van der Waals surface area (Å²) in [5.41, 5.74) is 3.61. The summed E-state index contributed by atoms with van der Waals surface area (Å²) in [5.74, 6) is 1.87. The van der Waals surface area contributed by atoms with Crippen LogP contribution in [0.15, 0.2) is 42.5 Å². The van der Waals surface area contributed by atoms with Gasteiger partial charge in [0.2, 0.25) is 12.7 Å². The minimum atomic E-state index is 0.227. The highest BCUT2D eigenvalue weighted by Gasteiger charge is 2.21. The number of rotatable bonds is 7. The monoisotopic (exact) mass is 395 g/mol. The zero-order valence-corrected chi connectivity index (χ0v) is 17.0. The van der Waals surface area contributed by atoms with Gasteiger partial charge in [0.05, 0.1) is 0 Å². The lowest BCUT2D eigenvalue weighted by molar-refractivity contribution is -0.132. The molecule has 2 aliphatic heterocycles. The van der Waals surface area contributed by atoms with Crippen LogP contribution in [0.2, 0.25) is 0 Å². The Kier molecular flexibility index (Phi) is 6.20. The van der Waals surface area contributed by atoms with Crippen LogP contribution in [-0.2, 0) is 17.8 Å². The molecular formula is C23H29N3O3. The normalized spacial score (nSPS) is 16.1. The number of aryl methyl sites for hydroxylation is 1. The van der Waals surface area contributed by atoms with Crippen molar-refractivity contribution in [3.8, 4) is 11.5 Å². The average Bonchev–Trinajstić information content (AvgIpc) is 3.22. The highest BCUT2D eigenvalue weighted by molar-refractivity contribution is 5.76. The number of hydrogen-bond acceptors (Lipinski definition) is 5. The van der Waals surface area contributed by atoms with Crippen molar-refractivity contribution in [3.05, 3.63) is 53.6 Å². The van der Waals surface area contributed by atoms with Gasteiger partial charge < -0.3 is 19.7 Å². The van der Waals surface area contributed by atoms with Crippen molar-refractivity contribution in [2.45, 2.75) is 26.3 Å². The lowest BCUT2D eigenvalue weighted by Crippen LogP contribution is -2.48. The van der Waals surface area contributed by atoms with Gasteiger partial charge in [-0.3, -0.25) is 9.69 Å². The highest BCUT2D eigenvalue weighted by Crippen LogP contribution is 2.32. The lowest BCUT2D eigenvalue weighted by Gasteiger charge is -2.35. The van der Waals surface area contributed by atoms with Crippen LogP contribution in [0.1, 0.15) is 24.5 Å². The minimum absolute atomic E-state index is 0.227. The van der Waals surface area contributed by atoms with Crippen LogP contribution < -0.4 is 14.8 Å². The maximum absolute atomic E-state index is 12.5. The molecule has 2 aromatic carbocycles. The maximum atomic E-state index is 12.5. The third-order valence-electron chi connectivity index (χ3n) is 5.60. The number of fused-ring (bicyclic) bond motifs is 1. The maximum Gasteiger partial charge on any atom is 0.231 e. The Hall–Kier alpha value is -2.73. The molecule has 0 unspecified atom stereocenters. The number of carbonyl (C=O) groups is 1. The molecule has 6 nitrogen and oxygen atoms in total. The van der Waals surface area contributed by atoms with E-state index in [2.05, 4.69) is 53.5 Å². The van der Waals surface area contributed by atoms with Crippen LogP contribution >= 0.6 is 0 Å². The molecule has 4 rings (SSSR count). The molecule has 29 heavy (non-hydrogen) atoms. The van der Waals surface area contributed by atoms with Crippen molar-refractivity contribution in [1.29, 1.82) is 0 Å². The summed E-state index contributed by atoms with van der Waals surface area (Å²) < 4.78 is 10.8. The summed E-state index contributed by atoms with van der Waals surface area (Å²) in [7, 11) is 0. The molecule has 0 saturated carbocycles. The van der Waals surface area contributed by atoms with E-state index >= 15 is 0 Å². The fourth-order valence-electron chi connectivity index (χ4n) is 3.78. The first-order valence-corrected chi connectivity index (χ1v) is 10.4. The van der Waals surface area contributed by atoms with Crippen LogP contribution in [0.5, 0.6) is 11.5 Å². The predicted octanol–water partition coefficient (Wildman–Crippen LogP) is 3.12. The van der Waals surface area contributed by atoms with E-state index in [9.17, 15) is 4.79 Å². The average molecular weight is 396 g/mol. The number of ether oxygens (including phenoxy) is 2. The van der Waals surface area contributed by atoms with Crippen molar-refractivity contribution >= 4 is 11.6 Å². The standard InChI is InChI=1S/C23H29N3O3/c1-2-18-3-6-20(7-4-18)24-10-9-23(27)26-13-11-25(12-14-26)16-19-5-8-21-22(15-19)29-17-28-21/h3-8,15,24H,2,9-14,16-17H2,1H3. The van der Waals surface area contributed by atoms with E-state index in [-0.39, 0.29) is 5.91 Å². The fourth-order valence-corrected chi connectivity index (χ4v) is 3.78. The quantitative estimate of drug-likeness (QED) is 0.781. The Morgan fingerprint density at radius 1 is 0.966 bits per heavy atom. The van der Waals surface area contributed by atoms with Gasteiger partial charge in [-0.2, -0.15) is 0 Å². The van der Waals surface area contributed by atoms with Gasteiger partial charge in [-0.15, -0.1) is 0 Å². The Balaban J connectivity index is 1.18. The molecule has 0 atom stereocenters. The van der Waals surface area contributed by atoms with E-state index in [0.717, 1.165) is 56.3 Å². The van der Waals surface area contributed by atoms with Crippen molar-refractivity contribution in [3.63, 3.8) is 0 Å². The van der Waals surface area contributed by atoms with Gasteiger partial charge in [-0.05, 0) is 41.8 Å². The van der Waals surface area contributed by atoms with Crippen LogP contribution in [-0.4, -0.2) is 55.2 Å². The summed E-state index contributed by atoms with van der Waals surface area (Å²) in [6, 6.07) is 14.5. The number of benzene rings is 2. The Morgan fingerprint density at radius 3 is 2.45 bits per heavy atom. The molecule has 2 heterocycles. The number of nitrogens with zero attached hydrogens (tertiary/aromatic N) is 2. The first kappa shape index (κ1) is 19.6. The summed E-state index contributed by atoms with van der Waals surface area (Å²) in [4.78, 5) is 16.9. The lowest BCUT2D eigenvalue weighted by atomic mass is 10.1. The van der Waals surface area contributed by atoms with E-state index < -0.39 is 0 Å². The zero-order chi connectivity index (χ0) is 20.1. The third-order valence-corrected chi connectivity index (χ3v) is 5.60. The topological polar surface area (TPSA) is 54.0 Å². The van der Waals surface area contributed by atoms with Crippen LogP contribution in [0.25, 0.3) is 0 Å². The molecule has 0 aliphatic carbocycles. The number of carbonyl (C=O) groups excluding carboxylic acids is 1. The van der Waals surface area contributed by atoms with Crippen molar-refractivity contribution in [1.82, 2.24) is 9.80 Å². The van der Waals surface area contributed by atoms with E-state index in [1.165, 1.54) is 11.1 Å². The number of nitrogens with one attached hydrogen (secondary N) is 1. The summed E-state index contributed by atoms with van der Waals surface area (Å²) in [5, 5.41) is 3.35. The summed E-state index contributed by atoms with van der Waals surface area (Å²) in [6.07, 6.45) is 1.57. The second-order valence-electron chi connectivity index (χ2n) is 7.57. The van der Waals surface area contributed by atoms with Crippen LogP contribution in [0.3, 0.4) is 0 Å². The molecule has 2 aromatic rings. The molecule has 2 aliphatic rings. The zero-order valence-electron chi connectivity index (χ0n) is 17.0. The Labute approximate surface area is 172 Å². The largest absolute Gasteiger partial charge is 0.454 e. The van der Waals surface area contributed by atoms with E-state index in [1.807, 2.05) is 11.0 Å². The van der Waals surface area contributed by atoms with Crippen LogP contribution in [0, 0.1) is 0 Å². The molecule has 0 bridgehead atoms. The van der Waals surface area contributed by atoms with Gasteiger partial charge in [-0.25, -0.2) is 0 Å². The fraction of sp³-hybridized carbons (Fsp3) is 0.435. The Bertz CT molecular complexity index is 830. The molecule has 0 aromatic heterocycles. The van der Waals surface area contributed by atoms with Gasteiger partial charge >= 0.3 is 0 Å². The molecule has 154 valence electrons. The summed E-state index contributed by atoms with van der Waals surface area (Å²) in [6.45, 7) is 7.35. The number of piperazine rings is 1. The Morgan fingerprint density at radius 2 is 1.69 bits per heavy atom. The second kappa shape index (κ2) is 9.18. The molecule has 0 spiro atoms. The first-order chi connectivity index (χ1) is 14.2. The smallest absolute Gasteiger partial charge is 0.231 e. The van der Waals surface area contributed by atoms with E-state index in [0.29, 0.717) is 19.8 Å². The second-order valence-corrected chi connectivity index (χ2v) is 7.57. The van der Waals surface area contributed by atoms with Gasteiger partial charge in [-0.1, -0.05) is 25.1 Å². The van der Waals surface area contributed by atoms with Gasteiger partial charge in [0, 0.05) is 51.4 Å². The van der Waals surface area contributed by atoms with Crippen molar-refractivity contribution in [2.75, 3.05) is 44.8 Å². The summed E-state index contributed by atoms with van der Waals surface area (Å²) >= 11 is 0. The highest BCUT2D eigenvalue weighted by atomic mass is 16.7. The van der Waals surface area contributed by atoms with Gasteiger partial charge in [0.25, 0.3) is 0 Å². The molecule has 1 amide bonds. The molecule has 1 N–H and O–H groups in total. The van der Waals surface area contributed by atoms with Gasteiger partial charge in [0.1, 0.15) is 0 Å². The molecular weight excluding hydrogens is 366 g/mol. The van der Waals surface area contributed by atoms with Gasteiger partial charge in [0.15, 0.2) is 11.5 Å². The van der Waals surface area contributed by atoms with E-state index in [1.54, 1.807) is 0 Å². The molecule has 1 saturated heterocycles. The van der Waals surface area contributed by atoms with Crippen LogP contribution in [0.4, 0.5) is 5.69 Å². The van der Waals surface area contributed by atoms with Crippen molar-refractivity contribution in [2.24, 2.45) is 0 Å². The number of anilines is 1. The number of hydrogen-bond donors (Lipinski definition) is 1. The SMILES string of the molecule is CCc1ccc(NCCC(=O)N2CCN(Cc3ccc4c(c3)OCO4)CC2)cc1. The third kappa shape index (κ3) is 5.01. The molecule has 0 radical (unpaired) electrons. The van der Waals surface area contributed by atoms with Crippen molar-refractivity contribution < 1.29 is 14.3 Å².